The van der Waals surface area contributed by atoms with Gasteiger partial charge in [-0.25, -0.2) is 13.6 Å². The van der Waals surface area contributed by atoms with Crippen LogP contribution in [0.5, 0.6) is 5.75 Å². The Morgan fingerprint density at radius 3 is 2.44 bits per heavy atom. The zero-order valence-electron chi connectivity index (χ0n) is 8.11. The lowest BCUT2D eigenvalue weighted by molar-refractivity contribution is 0.0664. The number of alkyl halides is 2. The number of carbonyl (C=O) groups is 1. The fourth-order valence-electron chi connectivity index (χ4n) is 1.05. The maximum absolute atomic E-state index is 11.9. The van der Waals surface area contributed by atoms with Crippen LogP contribution in [0.2, 0.25) is 0 Å². The largest absolute Gasteiger partial charge is 0.487 e. The minimum Gasteiger partial charge on any atom is -0.487 e. The van der Waals surface area contributed by atoms with Crippen molar-refractivity contribution in [2.45, 2.75) is 6.43 Å². The minimum atomic E-state index is -2.69. The molecule has 1 aromatic rings. The molecule has 0 aliphatic rings. The van der Waals surface area contributed by atoms with Crippen molar-refractivity contribution in [3.05, 3.63) is 17.7 Å². The molecule has 0 spiro atoms. The topological polar surface area (TPSA) is 98.6 Å². The lowest BCUT2D eigenvalue weighted by Crippen LogP contribution is -2.11. The molecule has 0 aliphatic heterocycles. The normalized spacial score (nSPS) is 10.4. The van der Waals surface area contributed by atoms with E-state index < -0.39 is 19.0 Å². The molecule has 0 aliphatic carbocycles. The number of anilines is 2. The second-order valence-electron chi connectivity index (χ2n) is 2.98. The van der Waals surface area contributed by atoms with Gasteiger partial charge in [0.15, 0.2) is 0 Å². The van der Waals surface area contributed by atoms with Crippen LogP contribution in [0.15, 0.2) is 12.1 Å². The number of aromatic carboxylic acids is 1. The van der Waals surface area contributed by atoms with Gasteiger partial charge in [-0.3, -0.25) is 0 Å². The molecular weight excluding hydrogens is 222 g/mol. The van der Waals surface area contributed by atoms with Crippen molar-refractivity contribution in [2.24, 2.45) is 0 Å². The second kappa shape index (κ2) is 4.65. The van der Waals surface area contributed by atoms with Crippen LogP contribution in [0.4, 0.5) is 20.2 Å². The highest BCUT2D eigenvalue weighted by Gasteiger charge is 2.15. The minimum absolute atomic E-state index is 0.0572. The maximum atomic E-state index is 11.9. The van der Waals surface area contributed by atoms with Gasteiger partial charge in [-0.2, -0.15) is 0 Å². The zero-order chi connectivity index (χ0) is 12.3. The lowest BCUT2D eigenvalue weighted by Gasteiger charge is -2.10. The smallest absolute Gasteiger partial charge is 0.339 e. The predicted molar refractivity (Wildman–Crippen MR) is 53.7 cm³/mol. The van der Waals surface area contributed by atoms with E-state index >= 15 is 0 Å². The number of rotatable bonds is 4. The molecule has 88 valence electrons. The van der Waals surface area contributed by atoms with Crippen LogP contribution in [-0.2, 0) is 0 Å². The van der Waals surface area contributed by atoms with Crippen molar-refractivity contribution in [2.75, 3.05) is 18.1 Å². The molecular formula is C9H10F2N2O3. The monoisotopic (exact) mass is 232 g/mol. The summed E-state index contributed by atoms with van der Waals surface area (Å²) in [4.78, 5) is 10.8. The standard InChI is InChI=1S/C9H10F2N2O3/c10-8(11)3-16-7-2-6(13)5(12)1-4(7)9(14)15/h1-2,8H,3,12-13H2,(H,14,15). The van der Waals surface area contributed by atoms with Gasteiger partial charge in [0, 0.05) is 6.07 Å². The fourth-order valence-corrected chi connectivity index (χ4v) is 1.05. The molecule has 1 rings (SSSR count). The van der Waals surface area contributed by atoms with Crippen LogP contribution >= 0.6 is 0 Å². The fraction of sp³-hybridized carbons (Fsp3) is 0.222. The van der Waals surface area contributed by atoms with Gasteiger partial charge in [-0.1, -0.05) is 0 Å². The van der Waals surface area contributed by atoms with Gasteiger partial charge in [0.2, 0.25) is 0 Å². The Labute approximate surface area is 89.6 Å². The average Bonchev–Trinajstić information content (AvgIpc) is 2.18. The molecule has 0 atom stereocenters. The summed E-state index contributed by atoms with van der Waals surface area (Å²) >= 11 is 0. The summed E-state index contributed by atoms with van der Waals surface area (Å²) in [5.74, 6) is -1.55. The Morgan fingerprint density at radius 2 is 1.94 bits per heavy atom. The first kappa shape index (κ1) is 12.0. The first-order chi connectivity index (χ1) is 7.41. The molecule has 0 unspecified atom stereocenters. The summed E-state index contributed by atoms with van der Waals surface area (Å²) in [5.41, 5.74) is 10.6. The van der Waals surface area contributed by atoms with Crippen molar-refractivity contribution in [3.63, 3.8) is 0 Å². The number of carboxylic acids is 1. The van der Waals surface area contributed by atoms with E-state index in [0.717, 1.165) is 12.1 Å². The number of nitrogens with two attached hydrogens (primary N) is 2. The maximum Gasteiger partial charge on any atom is 0.339 e. The van der Waals surface area contributed by atoms with E-state index in [1.54, 1.807) is 0 Å². The number of nitrogen functional groups attached to an aromatic ring is 2. The summed E-state index contributed by atoms with van der Waals surface area (Å²) in [6.45, 7) is -0.899. The van der Waals surface area contributed by atoms with Gasteiger partial charge in [0.25, 0.3) is 6.43 Å². The number of hydrogen-bond acceptors (Lipinski definition) is 4. The molecule has 0 heterocycles. The Kier molecular flexibility index (Phi) is 3.49. The van der Waals surface area contributed by atoms with E-state index in [1.165, 1.54) is 0 Å². The molecule has 5 N–H and O–H groups in total. The third-order valence-corrected chi connectivity index (χ3v) is 1.78. The van der Waals surface area contributed by atoms with E-state index in [0.29, 0.717) is 0 Å². The first-order valence-electron chi connectivity index (χ1n) is 4.25. The van der Waals surface area contributed by atoms with Crippen molar-refractivity contribution in [1.29, 1.82) is 0 Å². The van der Waals surface area contributed by atoms with E-state index in [1.807, 2.05) is 0 Å². The zero-order valence-corrected chi connectivity index (χ0v) is 8.11. The average molecular weight is 232 g/mol. The van der Waals surface area contributed by atoms with Crippen molar-refractivity contribution < 1.29 is 23.4 Å². The first-order valence-corrected chi connectivity index (χ1v) is 4.25. The Bertz CT molecular complexity index is 410. The van der Waals surface area contributed by atoms with Gasteiger partial charge in [0.1, 0.15) is 17.9 Å². The summed E-state index contributed by atoms with van der Waals surface area (Å²) in [5, 5.41) is 8.78. The SMILES string of the molecule is Nc1cc(OCC(F)F)c(C(=O)O)cc1N. The van der Waals surface area contributed by atoms with Crippen LogP contribution in [0.25, 0.3) is 0 Å². The lowest BCUT2D eigenvalue weighted by atomic mass is 10.1. The van der Waals surface area contributed by atoms with Crippen molar-refractivity contribution in [3.8, 4) is 5.75 Å². The molecule has 5 nitrogen and oxygen atoms in total. The second-order valence-corrected chi connectivity index (χ2v) is 2.98. The summed E-state index contributed by atoms with van der Waals surface area (Å²) in [6, 6.07) is 2.18. The predicted octanol–water partition coefficient (Wildman–Crippen LogP) is 1.19. The Hall–Kier alpha value is -2.05. The van der Waals surface area contributed by atoms with Gasteiger partial charge >= 0.3 is 5.97 Å². The van der Waals surface area contributed by atoms with Crippen LogP contribution in [0.3, 0.4) is 0 Å². The van der Waals surface area contributed by atoms with E-state index in [2.05, 4.69) is 4.74 Å². The number of benzene rings is 1. The summed E-state index contributed by atoms with van der Waals surface area (Å²) in [7, 11) is 0. The van der Waals surface area contributed by atoms with Gasteiger partial charge < -0.3 is 21.3 Å². The highest BCUT2D eigenvalue weighted by Crippen LogP contribution is 2.27. The van der Waals surface area contributed by atoms with Crippen LogP contribution in [0.1, 0.15) is 10.4 Å². The highest BCUT2D eigenvalue weighted by atomic mass is 19.3. The molecule has 0 saturated carbocycles. The Balaban J connectivity index is 3.05. The molecule has 0 radical (unpaired) electrons. The van der Waals surface area contributed by atoms with E-state index in [-0.39, 0.29) is 22.7 Å². The number of ether oxygens (including phenoxy) is 1. The number of halogens is 2. The van der Waals surface area contributed by atoms with Crippen molar-refractivity contribution in [1.82, 2.24) is 0 Å². The van der Waals surface area contributed by atoms with Gasteiger partial charge in [-0.05, 0) is 6.07 Å². The summed E-state index contributed by atoms with van der Waals surface area (Å²) in [6.07, 6.45) is -2.69. The summed E-state index contributed by atoms with van der Waals surface area (Å²) < 4.78 is 28.4. The van der Waals surface area contributed by atoms with E-state index in [4.69, 9.17) is 16.6 Å². The molecule has 0 bridgehead atoms. The number of carboxylic acid groups (broad SMARTS) is 1. The van der Waals surface area contributed by atoms with Gasteiger partial charge in [0.05, 0.1) is 11.4 Å². The Morgan fingerprint density at radius 1 is 1.38 bits per heavy atom. The highest BCUT2D eigenvalue weighted by molar-refractivity contribution is 5.93. The molecule has 16 heavy (non-hydrogen) atoms. The third-order valence-electron chi connectivity index (χ3n) is 1.78. The molecule has 7 heteroatoms. The van der Waals surface area contributed by atoms with Crippen LogP contribution in [0, 0.1) is 0 Å². The molecule has 0 saturated heterocycles. The third kappa shape index (κ3) is 2.72. The number of hydrogen-bond donors (Lipinski definition) is 3. The van der Waals surface area contributed by atoms with E-state index in [9.17, 15) is 13.6 Å². The molecule has 0 fully saturated rings. The molecule has 0 aromatic heterocycles. The van der Waals surface area contributed by atoms with Crippen LogP contribution in [-0.4, -0.2) is 24.1 Å². The quantitative estimate of drug-likeness (QED) is 0.677. The van der Waals surface area contributed by atoms with Gasteiger partial charge in [-0.15, -0.1) is 0 Å². The molecule has 0 amide bonds. The molecule has 1 aromatic carbocycles. The van der Waals surface area contributed by atoms with Crippen LogP contribution < -0.4 is 16.2 Å². The van der Waals surface area contributed by atoms with Crippen molar-refractivity contribution >= 4 is 17.3 Å².